The van der Waals surface area contributed by atoms with Gasteiger partial charge in [0.05, 0.1) is 21.8 Å². The minimum atomic E-state index is -0.570. The predicted molar refractivity (Wildman–Crippen MR) is 74.7 cm³/mol. The zero-order valence-electron chi connectivity index (χ0n) is 10.3. The third-order valence-electron chi connectivity index (χ3n) is 3.02. The largest absolute Gasteiger partial charge is 0.459 e. The Balaban J connectivity index is 2.01. The average Bonchev–Trinajstić information content (AvgIpc) is 2.42. The van der Waals surface area contributed by atoms with Crippen molar-refractivity contribution in [1.29, 1.82) is 0 Å². The standard InChI is InChI=1S/C13H15Cl2NO3/c14-9-4-5-10(15)12(16)11(9)13(17)19-7-8-3-1-2-6-18-8/h4-5,8H,1-3,6-7,16H2. The lowest BCUT2D eigenvalue weighted by Gasteiger charge is -2.22. The molecule has 0 amide bonds. The maximum Gasteiger partial charge on any atom is 0.341 e. The number of esters is 1. The van der Waals surface area contributed by atoms with Crippen LogP contribution in [0.4, 0.5) is 5.69 Å². The van der Waals surface area contributed by atoms with Crippen LogP contribution in [0.15, 0.2) is 12.1 Å². The molecule has 1 atom stereocenters. The Labute approximate surface area is 121 Å². The second-order valence-electron chi connectivity index (χ2n) is 4.40. The Morgan fingerprint density at radius 2 is 2.11 bits per heavy atom. The summed E-state index contributed by atoms with van der Waals surface area (Å²) in [5.41, 5.74) is 6.00. The van der Waals surface area contributed by atoms with Crippen LogP contribution in [0.3, 0.4) is 0 Å². The minimum absolute atomic E-state index is 0.0446. The Kier molecular flexibility index (Phi) is 4.91. The van der Waals surface area contributed by atoms with Crippen LogP contribution < -0.4 is 5.73 Å². The number of nitrogens with two attached hydrogens (primary N) is 1. The van der Waals surface area contributed by atoms with Crippen LogP contribution in [0, 0.1) is 0 Å². The molecular weight excluding hydrogens is 289 g/mol. The van der Waals surface area contributed by atoms with E-state index in [4.69, 9.17) is 38.4 Å². The van der Waals surface area contributed by atoms with Crippen molar-refractivity contribution < 1.29 is 14.3 Å². The first kappa shape index (κ1) is 14.4. The van der Waals surface area contributed by atoms with E-state index in [2.05, 4.69) is 0 Å². The van der Waals surface area contributed by atoms with Gasteiger partial charge in [0, 0.05) is 6.61 Å². The third kappa shape index (κ3) is 3.53. The number of hydrogen-bond acceptors (Lipinski definition) is 4. The summed E-state index contributed by atoms with van der Waals surface area (Å²) in [6, 6.07) is 3.06. The van der Waals surface area contributed by atoms with Crippen LogP contribution in [0.25, 0.3) is 0 Å². The Morgan fingerprint density at radius 1 is 1.37 bits per heavy atom. The molecule has 1 fully saturated rings. The molecule has 1 heterocycles. The zero-order chi connectivity index (χ0) is 13.8. The molecule has 0 bridgehead atoms. The third-order valence-corrected chi connectivity index (χ3v) is 3.66. The molecule has 2 N–H and O–H groups in total. The number of carbonyl (C=O) groups is 1. The molecule has 1 aromatic rings. The van der Waals surface area contributed by atoms with Gasteiger partial charge in [0.1, 0.15) is 12.2 Å². The second-order valence-corrected chi connectivity index (χ2v) is 5.22. The molecule has 1 aromatic carbocycles. The zero-order valence-corrected chi connectivity index (χ0v) is 11.8. The van der Waals surface area contributed by atoms with Crippen LogP contribution in [0.1, 0.15) is 29.6 Å². The summed E-state index contributed by atoms with van der Waals surface area (Å²) in [6.45, 7) is 0.920. The number of carbonyl (C=O) groups excluding carboxylic acids is 1. The highest BCUT2D eigenvalue weighted by molar-refractivity contribution is 6.38. The summed E-state index contributed by atoms with van der Waals surface area (Å²) in [7, 11) is 0. The first-order valence-electron chi connectivity index (χ1n) is 6.12. The van der Waals surface area contributed by atoms with Gasteiger partial charge in [-0.2, -0.15) is 0 Å². The van der Waals surface area contributed by atoms with E-state index in [0.29, 0.717) is 6.61 Å². The van der Waals surface area contributed by atoms with E-state index in [0.717, 1.165) is 19.3 Å². The molecule has 4 nitrogen and oxygen atoms in total. The van der Waals surface area contributed by atoms with E-state index in [-0.39, 0.29) is 34.0 Å². The molecule has 1 unspecified atom stereocenters. The number of rotatable bonds is 3. The molecule has 0 aromatic heterocycles. The molecule has 104 valence electrons. The Bertz CT molecular complexity index is 473. The first-order valence-corrected chi connectivity index (χ1v) is 6.87. The summed E-state index contributed by atoms with van der Waals surface area (Å²) in [5, 5.41) is 0.515. The van der Waals surface area contributed by atoms with Gasteiger partial charge in [-0.3, -0.25) is 0 Å². The lowest BCUT2D eigenvalue weighted by molar-refractivity contribution is -0.0299. The normalized spacial score (nSPS) is 19.2. The Morgan fingerprint density at radius 3 is 2.79 bits per heavy atom. The molecule has 19 heavy (non-hydrogen) atoms. The SMILES string of the molecule is Nc1c(Cl)ccc(Cl)c1C(=O)OCC1CCCCO1. The monoisotopic (exact) mass is 303 g/mol. The lowest BCUT2D eigenvalue weighted by atomic mass is 10.1. The molecule has 0 spiro atoms. The van der Waals surface area contributed by atoms with E-state index in [9.17, 15) is 4.79 Å². The van der Waals surface area contributed by atoms with Crippen LogP contribution in [0.5, 0.6) is 0 Å². The van der Waals surface area contributed by atoms with Crippen molar-refractivity contribution in [2.24, 2.45) is 0 Å². The second kappa shape index (κ2) is 6.46. The number of halogens is 2. The van der Waals surface area contributed by atoms with Crippen molar-refractivity contribution in [2.45, 2.75) is 25.4 Å². The van der Waals surface area contributed by atoms with Gasteiger partial charge in [-0.05, 0) is 31.4 Å². The van der Waals surface area contributed by atoms with Crippen molar-refractivity contribution in [1.82, 2.24) is 0 Å². The van der Waals surface area contributed by atoms with Gasteiger partial charge in [-0.1, -0.05) is 23.2 Å². The number of benzene rings is 1. The molecule has 1 saturated heterocycles. The summed E-state index contributed by atoms with van der Waals surface area (Å²) in [6.07, 6.45) is 2.99. The number of nitrogen functional groups attached to an aromatic ring is 1. The number of ether oxygens (including phenoxy) is 2. The van der Waals surface area contributed by atoms with E-state index in [1.165, 1.54) is 6.07 Å². The molecule has 2 rings (SSSR count). The summed E-state index contributed by atoms with van der Waals surface area (Å²) in [4.78, 5) is 12.0. The fraction of sp³-hybridized carbons (Fsp3) is 0.462. The molecule has 0 radical (unpaired) electrons. The summed E-state index contributed by atoms with van der Waals surface area (Å²) >= 11 is 11.8. The number of hydrogen-bond donors (Lipinski definition) is 1. The maximum atomic E-state index is 12.0. The van der Waals surface area contributed by atoms with Gasteiger partial charge >= 0.3 is 5.97 Å². The number of anilines is 1. The molecule has 1 aliphatic heterocycles. The fourth-order valence-electron chi connectivity index (χ4n) is 1.95. The average molecular weight is 304 g/mol. The molecule has 0 saturated carbocycles. The van der Waals surface area contributed by atoms with Crippen molar-refractivity contribution in [3.63, 3.8) is 0 Å². The highest BCUT2D eigenvalue weighted by Gasteiger charge is 2.21. The van der Waals surface area contributed by atoms with Gasteiger partial charge < -0.3 is 15.2 Å². The van der Waals surface area contributed by atoms with Gasteiger partial charge in [0.25, 0.3) is 0 Å². The van der Waals surface area contributed by atoms with Crippen LogP contribution in [-0.2, 0) is 9.47 Å². The van der Waals surface area contributed by atoms with Crippen LogP contribution in [-0.4, -0.2) is 25.3 Å². The van der Waals surface area contributed by atoms with Crippen molar-refractivity contribution >= 4 is 34.9 Å². The van der Waals surface area contributed by atoms with Crippen LogP contribution >= 0.6 is 23.2 Å². The quantitative estimate of drug-likeness (QED) is 0.687. The topological polar surface area (TPSA) is 61.6 Å². The highest BCUT2D eigenvalue weighted by Crippen LogP contribution is 2.30. The van der Waals surface area contributed by atoms with Crippen molar-refractivity contribution in [3.05, 3.63) is 27.7 Å². The Hall–Kier alpha value is -0.970. The maximum absolute atomic E-state index is 12.0. The summed E-state index contributed by atoms with van der Waals surface area (Å²) < 4.78 is 10.7. The van der Waals surface area contributed by atoms with Crippen molar-refractivity contribution in [2.75, 3.05) is 18.9 Å². The van der Waals surface area contributed by atoms with Gasteiger partial charge in [0.15, 0.2) is 0 Å². The molecule has 6 heteroatoms. The van der Waals surface area contributed by atoms with Gasteiger partial charge in [0.2, 0.25) is 0 Å². The molecular formula is C13H15Cl2NO3. The molecule has 1 aliphatic rings. The van der Waals surface area contributed by atoms with Gasteiger partial charge in [-0.15, -0.1) is 0 Å². The van der Waals surface area contributed by atoms with Crippen molar-refractivity contribution in [3.8, 4) is 0 Å². The van der Waals surface area contributed by atoms with E-state index >= 15 is 0 Å². The molecule has 0 aliphatic carbocycles. The predicted octanol–water partition coefficient (Wildman–Crippen LogP) is 3.30. The lowest BCUT2D eigenvalue weighted by Crippen LogP contribution is -2.26. The highest BCUT2D eigenvalue weighted by atomic mass is 35.5. The van der Waals surface area contributed by atoms with E-state index < -0.39 is 5.97 Å². The summed E-state index contributed by atoms with van der Waals surface area (Å²) in [5.74, 6) is -0.570. The smallest absolute Gasteiger partial charge is 0.341 e. The first-order chi connectivity index (χ1) is 9.09. The van der Waals surface area contributed by atoms with E-state index in [1.807, 2.05) is 0 Å². The van der Waals surface area contributed by atoms with Crippen LogP contribution in [0.2, 0.25) is 10.0 Å². The van der Waals surface area contributed by atoms with Gasteiger partial charge in [-0.25, -0.2) is 4.79 Å². The fourth-order valence-corrected chi connectivity index (χ4v) is 2.35. The van der Waals surface area contributed by atoms with E-state index in [1.54, 1.807) is 6.07 Å². The minimum Gasteiger partial charge on any atom is -0.459 e.